The molecule has 124 valence electrons. The summed E-state index contributed by atoms with van der Waals surface area (Å²) in [6.07, 6.45) is 4.52. The number of ether oxygens (including phenoxy) is 1. The molecule has 1 aliphatic carbocycles. The van der Waals surface area contributed by atoms with Crippen molar-refractivity contribution in [1.82, 2.24) is 9.29 Å². The Hall–Kier alpha value is -1.05. The average Bonchev–Trinajstić information content (AvgIpc) is 2.98. The van der Waals surface area contributed by atoms with Crippen LogP contribution in [0, 0.1) is 11.2 Å². The van der Waals surface area contributed by atoms with Gasteiger partial charge in [-0.25, -0.2) is 9.18 Å². The van der Waals surface area contributed by atoms with E-state index in [1.165, 1.54) is 16.5 Å². The Kier molecular flexibility index (Phi) is 5.52. The lowest BCUT2D eigenvalue weighted by atomic mass is 9.86. The van der Waals surface area contributed by atoms with Crippen molar-refractivity contribution >= 4 is 17.9 Å². The van der Waals surface area contributed by atoms with Gasteiger partial charge in [-0.2, -0.15) is 0 Å². The minimum Gasteiger partial charge on any atom is -0.461 e. The van der Waals surface area contributed by atoms with E-state index in [0.717, 1.165) is 19.3 Å². The zero-order valence-electron chi connectivity index (χ0n) is 13.2. The van der Waals surface area contributed by atoms with Crippen molar-refractivity contribution in [3.63, 3.8) is 0 Å². The number of hydrogen-bond donors (Lipinski definition) is 2. The molecule has 2 rings (SSSR count). The lowest BCUT2D eigenvalue weighted by Gasteiger charge is -2.29. The van der Waals surface area contributed by atoms with E-state index in [-0.39, 0.29) is 30.4 Å². The third-order valence-electron chi connectivity index (χ3n) is 4.31. The number of aliphatic hydroxyl groups is 1. The molecule has 1 saturated carbocycles. The van der Waals surface area contributed by atoms with Crippen LogP contribution < -0.4 is 4.72 Å². The molecule has 1 fully saturated rings. The summed E-state index contributed by atoms with van der Waals surface area (Å²) in [5, 5.41) is 9.54. The first-order valence-corrected chi connectivity index (χ1v) is 8.29. The normalized spacial score (nSPS) is 24.7. The Morgan fingerprint density at radius 3 is 3.05 bits per heavy atom. The lowest BCUT2D eigenvalue weighted by Crippen LogP contribution is -2.38. The molecule has 1 aliphatic rings. The van der Waals surface area contributed by atoms with Crippen LogP contribution in [0.4, 0.5) is 4.39 Å². The van der Waals surface area contributed by atoms with Crippen LogP contribution in [0.5, 0.6) is 0 Å². The number of esters is 1. The van der Waals surface area contributed by atoms with Crippen LogP contribution in [0.1, 0.15) is 43.6 Å². The summed E-state index contributed by atoms with van der Waals surface area (Å²) < 4.78 is 23.9. The quantitative estimate of drug-likeness (QED) is 0.620. The first-order valence-electron chi connectivity index (χ1n) is 7.48. The Labute approximate surface area is 134 Å². The molecular formula is C15H23FN2O3S. The molecule has 2 unspecified atom stereocenters. The van der Waals surface area contributed by atoms with E-state index < -0.39 is 11.8 Å². The van der Waals surface area contributed by atoms with Crippen molar-refractivity contribution in [2.24, 2.45) is 12.5 Å². The number of nitrogens with one attached hydrogen (secondary N) is 1. The Balaban J connectivity index is 2.08. The predicted molar refractivity (Wildman–Crippen MR) is 83.2 cm³/mol. The fourth-order valence-corrected chi connectivity index (χ4v) is 3.90. The molecule has 22 heavy (non-hydrogen) atoms. The molecule has 7 heteroatoms. The van der Waals surface area contributed by atoms with Crippen molar-refractivity contribution in [3.05, 3.63) is 17.7 Å². The number of nitrogens with zero attached hydrogens (tertiary/aromatic N) is 1. The molecule has 5 nitrogen and oxygen atoms in total. The standard InChI is InChI=1S/C15H23FN2O3S/c1-4-21-14(20)13-12(16)10(8-18(13)3)22-17-11-6-5-7-15(11,2)9-19/h8,11,17,19H,4-7,9H2,1-3H3. The number of hydrogen-bond acceptors (Lipinski definition) is 5. The number of aromatic nitrogens is 1. The fraction of sp³-hybridized carbons (Fsp3) is 0.667. The zero-order chi connectivity index (χ0) is 16.3. The monoisotopic (exact) mass is 330 g/mol. The summed E-state index contributed by atoms with van der Waals surface area (Å²) in [6, 6.07) is 0.119. The van der Waals surface area contributed by atoms with Crippen molar-refractivity contribution in [3.8, 4) is 0 Å². The average molecular weight is 330 g/mol. The Bertz CT molecular complexity index is 549. The topological polar surface area (TPSA) is 63.5 Å². The lowest BCUT2D eigenvalue weighted by molar-refractivity contribution is 0.0509. The van der Waals surface area contributed by atoms with E-state index >= 15 is 0 Å². The van der Waals surface area contributed by atoms with E-state index in [0.29, 0.717) is 4.90 Å². The van der Waals surface area contributed by atoms with Crippen LogP contribution in [0.15, 0.2) is 11.1 Å². The van der Waals surface area contributed by atoms with Gasteiger partial charge in [0.05, 0.1) is 11.5 Å². The number of carbonyl (C=O) groups excluding carboxylic acids is 1. The van der Waals surface area contributed by atoms with Gasteiger partial charge in [-0.3, -0.25) is 4.72 Å². The highest BCUT2D eigenvalue weighted by atomic mass is 32.2. The van der Waals surface area contributed by atoms with E-state index in [2.05, 4.69) is 4.72 Å². The highest BCUT2D eigenvalue weighted by molar-refractivity contribution is 7.97. The van der Waals surface area contributed by atoms with E-state index in [4.69, 9.17) is 4.74 Å². The third-order valence-corrected chi connectivity index (χ3v) is 5.22. The summed E-state index contributed by atoms with van der Waals surface area (Å²) in [4.78, 5) is 12.1. The van der Waals surface area contributed by atoms with Crippen molar-refractivity contribution in [2.75, 3.05) is 13.2 Å². The second kappa shape index (κ2) is 7.02. The van der Waals surface area contributed by atoms with Gasteiger partial charge < -0.3 is 14.4 Å². The van der Waals surface area contributed by atoms with E-state index in [1.807, 2.05) is 6.92 Å². The maximum atomic E-state index is 14.4. The van der Waals surface area contributed by atoms with Crippen LogP contribution >= 0.6 is 11.9 Å². The van der Waals surface area contributed by atoms with Crippen molar-refractivity contribution in [1.29, 1.82) is 0 Å². The molecule has 2 N–H and O–H groups in total. The molecule has 0 spiro atoms. The Morgan fingerprint density at radius 2 is 2.41 bits per heavy atom. The zero-order valence-corrected chi connectivity index (χ0v) is 14.0. The van der Waals surface area contributed by atoms with Crippen molar-refractivity contribution < 1.29 is 19.0 Å². The van der Waals surface area contributed by atoms with Gasteiger partial charge in [0.15, 0.2) is 11.5 Å². The third kappa shape index (κ3) is 3.31. The van der Waals surface area contributed by atoms with Crippen LogP contribution in [0.2, 0.25) is 0 Å². The van der Waals surface area contributed by atoms with Gasteiger partial charge in [-0.05, 0) is 31.7 Å². The minimum absolute atomic E-state index is 0.0671. The molecule has 1 aromatic rings. The molecule has 0 saturated heterocycles. The first-order chi connectivity index (χ1) is 10.4. The Morgan fingerprint density at radius 1 is 1.68 bits per heavy atom. The van der Waals surface area contributed by atoms with Crippen LogP contribution in [0.25, 0.3) is 0 Å². The van der Waals surface area contributed by atoms with E-state index in [9.17, 15) is 14.3 Å². The van der Waals surface area contributed by atoms with Gasteiger partial charge in [-0.1, -0.05) is 13.3 Å². The number of aliphatic hydroxyl groups excluding tert-OH is 1. The largest absolute Gasteiger partial charge is 0.461 e. The van der Waals surface area contributed by atoms with Gasteiger partial charge in [0, 0.05) is 31.3 Å². The number of halogens is 1. The summed E-state index contributed by atoms with van der Waals surface area (Å²) in [6.45, 7) is 4.03. The highest BCUT2D eigenvalue weighted by Gasteiger charge is 2.38. The molecule has 0 aromatic carbocycles. The molecular weight excluding hydrogens is 307 g/mol. The predicted octanol–water partition coefficient (Wildman–Crippen LogP) is 2.49. The highest BCUT2D eigenvalue weighted by Crippen LogP contribution is 2.39. The van der Waals surface area contributed by atoms with Crippen LogP contribution in [0.3, 0.4) is 0 Å². The van der Waals surface area contributed by atoms with Crippen LogP contribution in [-0.2, 0) is 11.8 Å². The van der Waals surface area contributed by atoms with Gasteiger partial charge in [0.1, 0.15) is 0 Å². The molecule has 0 aliphatic heterocycles. The summed E-state index contributed by atoms with van der Waals surface area (Å²) >= 11 is 1.17. The minimum atomic E-state index is -0.657. The van der Waals surface area contributed by atoms with Crippen molar-refractivity contribution in [2.45, 2.75) is 44.0 Å². The number of aryl methyl sites for hydroxylation is 1. The van der Waals surface area contributed by atoms with Gasteiger partial charge in [0.25, 0.3) is 0 Å². The second-order valence-corrected chi connectivity index (χ2v) is 6.84. The summed E-state index contributed by atoms with van der Waals surface area (Å²) in [5.74, 6) is -1.22. The van der Waals surface area contributed by atoms with Gasteiger partial charge in [0.2, 0.25) is 0 Å². The molecule has 2 atom stereocenters. The molecule has 0 bridgehead atoms. The molecule has 1 heterocycles. The van der Waals surface area contributed by atoms with Crippen LogP contribution in [-0.4, -0.2) is 34.9 Å². The molecule has 1 aromatic heterocycles. The maximum Gasteiger partial charge on any atom is 0.358 e. The first kappa shape index (κ1) is 17.3. The molecule has 0 radical (unpaired) electrons. The number of rotatable bonds is 6. The molecule has 0 amide bonds. The van der Waals surface area contributed by atoms with E-state index in [1.54, 1.807) is 20.2 Å². The second-order valence-electron chi connectivity index (χ2n) is 5.96. The summed E-state index contributed by atoms with van der Waals surface area (Å²) in [5.41, 5.74) is -0.245. The number of carbonyl (C=O) groups is 1. The summed E-state index contributed by atoms with van der Waals surface area (Å²) in [7, 11) is 1.62. The smallest absolute Gasteiger partial charge is 0.358 e. The van der Waals surface area contributed by atoms with Gasteiger partial charge in [-0.15, -0.1) is 0 Å². The maximum absolute atomic E-state index is 14.4. The van der Waals surface area contributed by atoms with Gasteiger partial charge >= 0.3 is 5.97 Å². The SMILES string of the molecule is CCOC(=O)c1c(F)c(SNC2CCCC2(C)CO)cn1C. The fourth-order valence-electron chi connectivity index (χ4n) is 2.83.